The second-order valence-corrected chi connectivity index (χ2v) is 8.45. The van der Waals surface area contributed by atoms with Gasteiger partial charge in [-0.2, -0.15) is 0 Å². The number of rotatable bonds is 4. The van der Waals surface area contributed by atoms with Crippen LogP contribution in [-0.4, -0.2) is 55.9 Å². The zero-order valence-corrected chi connectivity index (χ0v) is 18.6. The first-order valence-electron chi connectivity index (χ1n) is 10.9. The summed E-state index contributed by atoms with van der Waals surface area (Å²) in [6.45, 7) is 12.7. The number of aromatic nitrogens is 4. The second-order valence-electron chi connectivity index (χ2n) is 8.45. The highest BCUT2D eigenvalue weighted by Crippen LogP contribution is 2.23. The predicted octanol–water partition coefficient (Wildman–Crippen LogP) is 3.11. The minimum atomic E-state index is -0.453. The third-order valence-corrected chi connectivity index (χ3v) is 6.14. The van der Waals surface area contributed by atoms with Crippen LogP contribution < -0.4 is 10.5 Å². The van der Waals surface area contributed by atoms with E-state index in [2.05, 4.69) is 32.4 Å². The molecule has 1 atom stereocenters. The summed E-state index contributed by atoms with van der Waals surface area (Å²) < 4.78 is 17.7. The number of nitrogens with zero attached hydrogens (tertiary/aromatic N) is 6. The molecule has 1 aliphatic rings. The first-order valence-corrected chi connectivity index (χ1v) is 10.9. The second kappa shape index (κ2) is 8.31. The molecule has 5 heterocycles. The molecule has 8 heteroatoms. The summed E-state index contributed by atoms with van der Waals surface area (Å²) in [5.41, 5.74) is 5.77. The quantitative estimate of drug-likeness (QED) is 0.454. The summed E-state index contributed by atoms with van der Waals surface area (Å²) in [6.07, 6.45) is 7.15. The van der Waals surface area contributed by atoms with Crippen molar-refractivity contribution < 1.29 is 4.39 Å². The fraction of sp³-hybridized carbons (Fsp3) is 0.280. The lowest BCUT2D eigenvalue weighted by molar-refractivity contribution is 0.210. The van der Waals surface area contributed by atoms with E-state index in [9.17, 15) is 9.18 Å². The summed E-state index contributed by atoms with van der Waals surface area (Å²) in [6, 6.07) is 6.96. The third kappa shape index (κ3) is 3.95. The van der Waals surface area contributed by atoms with Crippen molar-refractivity contribution in [3.8, 4) is 11.3 Å². The molecule has 1 aliphatic heterocycles. The lowest BCUT2D eigenvalue weighted by Crippen LogP contribution is -2.52. The lowest BCUT2D eigenvalue weighted by Gasteiger charge is -2.40. The van der Waals surface area contributed by atoms with E-state index in [0.29, 0.717) is 22.9 Å². The highest BCUT2D eigenvalue weighted by molar-refractivity contribution is 5.64. The summed E-state index contributed by atoms with van der Waals surface area (Å²) in [7, 11) is 0. The zero-order chi connectivity index (χ0) is 23.1. The molecule has 0 aromatic carbocycles. The number of hydrogen-bond donors (Lipinski definition) is 0. The molecule has 1 radical (unpaired) electrons. The van der Waals surface area contributed by atoms with Gasteiger partial charge in [0.2, 0.25) is 0 Å². The Kier molecular flexibility index (Phi) is 5.32. The van der Waals surface area contributed by atoms with Crippen molar-refractivity contribution in [3.05, 3.63) is 83.1 Å². The Hall–Kier alpha value is -3.74. The van der Waals surface area contributed by atoms with Crippen LogP contribution in [-0.2, 0) is 0 Å². The van der Waals surface area contributed by atoms with E-state index < -0.39 is 5.82 Å². The number of halogens is 1. The van der Waals surface area contributed by atoms with Crippen molar-refractivity contribution in [2.75, 3.05) is 31.1 Å². The molecule has 1 saturated heterocycles. The minimum Gasteiger partial charge on any atom is -0.367 e. The topological polar surface area (TPSA) is 58.2 Å². The minimum absolute atomic E-state index is 0.213. The Morgan fingerprint density at radius 2 is 2.06 bits per heavy atom. The van der Waals surface area contributed by atoms with Gasteiger partial charge in [-0.3, -0.25) is 14.1 Å². The summed E-state index contributed by atoms with van der Waals surface area (Å²) in [5.74, 6) is -0.453. The number of anilines is 1. The number of piperazine rings is 1. The molecule has 4 aromatic rings. The molecule has 0 unspecified atom stereocenters. The van der Waals surface area contributed by atoms with Gasteiger partial charge < -0.3 is 9.30 Å². The van der Waals surface area contributed by atoms with Crippen LogP contribution in [0.3, 0.4) is 0 Å². The SMILES string of the molecule is [CH]=C=CCN1CCN(c2ccc3nc(-c4cc(F)c5nc(C)cn5c4)cc(=O)n3c2)C[C@@H]1C. The average molecular weight is 444 g/mol. The van der Waals surface area contributed by atoms with Crippen LogP contribution in [0.5, 0.6) is 0 Å². The molecule has 7 nitrogen and oxygen atoms in total. The van der Waals surface area contributed by atoms with Gasteiger partial charge in [0.05, 0.1) is 17.1 Å². The van der Waals surface area contributed by atoms with Crippen molar-refractivity contribution in [2.24, 2.45) is 0 Å². The van der Waals surface area contributed by atoms with Crippen molar-refractivity contribution in [1.29, 1.82) is 0 Å². The van der Waals surface area contributed by atoms with Gasteiger partial charge in [0, 0.05) is 62.4 Å². The molecule has 0 aliphatic carbocycles. The summed E-state index contributed by atoms with van der Waals surface area (Å²) in [4.78, 5) is 26.4. The number of pyridine rings is 2. The standard InChI is InChI=1S/C25H24FN6O/c1-4-5-8-29-9-10-30(14-18(29)3)20-6-7-23-28-22(12-24(33)32(23)16-20)19-11-21(26)25-27-17(2)13-31(25)15-19/h1,5-7,11-13,15-16,18H,8-10,14H2,2-3H3/t4?,18-/m0/s1. The largest absolute Gasteiger partial charge is 0.367 e. The van der Waals surface area contributed by atoms with Crippen LogP contribution in [0.15, 0.2) is 59.5 Å². The molecule has 167 valence electrons. The highest BCUT2D eigenvalue weighted by Gasteiger charge is 2.23. The van der Waals surface area contributed by atoms with Gasteiger partial charge in [0.15, 0.2) is 11.5 Å². The molecule has 5 rings (SSSR count). The fourth-order valence-corrected chi connectivity index (χ4v) is 4.42. The van der Waals surface area contributed by atoms with Crippen molar-refractivity contribution >= 4 is 17.0 Å². The molecular weight excluding hydrogens is 419 g/mol. The van der Waals surface area contributed by atoms with Gasteiger partial charge >= 0.3 is 0 Å². The molecule has 33 heavy (non-hydrogen) atoms. The van der Waals surface area contributed by atoms with Gasteiger partial charge in [0.1, 0.15) is 5.65 Å². The van der Waals surface area contributed by atoms with Gasteiger partial charge in [-0.15, -0.1) is 5.73 Å². The van der Waals surface area contributed by atoms with E-state index in [1.54, 1.807) is 23.7 Å². The van der Waals surface area contributed by atoms with E-state index >= 15 is 0 Å². The third-order valence-electron chi connectivity index (χ3n) is 6.14. The molecule has 0 spiro atoms. The molecule has 4 aromatic heterocycles. The normalized spacial score (nSPS) is 16.9. The van der Waals surface area contributed by atoms with Crippen LogP contribution in [0.25, 0.3) is 22.6 Å². The maximum absolute atomic E-state index is 14.5. The molecule has 0 N–H and O–H groups in total. The smallest absolute Gasteiger partial charge is 0.258 e. The van der Waals surface area contributed by atoms with E-state index in [1.807, 2.05) is 24.4 Å². The first kappa shape index (κ1) is 21.1. The molecule has 1 fully saturated rings. The maximum Gasteiger partial charge on any atom is 0.258 e. The van der Waals surface area contributed by atoms with Crippen LogP contribution in [0.1, 0.15) is 12.6 Å². The Morgan fingerprint density at radius 3 is 2.85 bits per heavy atom. The number of aryl methyl sites for hydroxylation is 1. The van der Waals surface area contributed by atoms with Crippen LogP contribution in [0, 0.1) is 19.3 Å². The van der Waals surface area contributed by atoms with E-state index in [-0.39, 0.29) is 11.2 Å². The average Bonchev–Trinajstić information content (AvgIpc) is 3.19. The van der Waals surface area contributed by atoms with Gasteiger partial charge in [-0.1, -0.05) is 0 Å². The monoisotopic (exact) mass is 443 g/mol. The lowest BCUT2D eigenvalue weighted by atomic mass is 10.1. The maximum atomic E-state index is 14.5. The van der Waals surface area contributed by atoms with E-state index in [4.69, 9.17) is 6.58 Å². The van der Waals surface area contributed by atoms with Crippen molar-refractivity contribution in [2.45, 2.75) is 19.9 Å². The zero-order valence-electron chi connectivity index (χ0n) is 18.6. The van der Waals surface area contributed by atoms with Gasteiger partial charge in [-0.25, -0.2) is 14.4 Å². The highest BCUT2D eigenvalue weighted by atomic mass is 19.1. The Morgan fingerprint density at radius 1 is 1.21 bits per heavy atom. The van der Waals surface area contributed by atoms with Crippen LogP contribution >= 0.6 is 0 Å². The molecule has 0 bridgehead atoms. The Bertz CT molecular complexity index is 1470. The Labute approximate surface area is 190 Å². The number of imidazole rings is 1. The van der Waals surface area contributed by atoms with Gasteiger partial charge in [-0.05, 0) is 44.7 Å². The summed E-state index contributed by atoms with van der Waals surface area (Å²) >= 11 is 0. The molecular formula is C25H24FN6O. The fourth-order valence-electron chi connectivity index (χ4n) is 4.42. The first-order chi connectivity index (χ1) is 15.9. The van der Waals surface area contributed by atoms with E-state index in [0.717, 1.165) is 37.6 Å². The number of hydrogen-bond acceptors (Lipinski definition) is 5. The summed E-state index contributed by atoms with van der Waals surface area (Å²) in [5, 5.41) is 0. The van der Waals surface area contributed by atoms with Crippen LogP contribution in [0.2, 0.25) is 0 Å². The van der Waals surface area contributed by atoms with Crippen molar-refractivity contribution in [3.63, 3.8) is 0 Å². The van der Waals surface area contributed by atoms with Gasteiger partial charge in [0.25, 0.3) is 5.56 Å². The number of fused-ring (bicyclic) bond motifs is 2. The Balaban J connectivity index is 1.46. The van der Waals surface area contributed by atoms with Crippen molar-refractivity contribution in [1.82, 2.24) is 23.7 Å². The predicted molar refractivity (Wildman–Crippen MR) is 126 cm³/mol. The molecule has 0 saturated carbocycles. The molecule has 0 amide bonds. The van der Waals surface area contributed by atoms with E-state index in [1.165, 1.54) is 16.5 Å². The van der Waals surface area contributed by atoms with Crippen LogP contribution in [0.4, 0.5) is 10.1 Å².